The second-order valence-corrected chi connectivity index (χ2v) is 7.98. The van der Waals surface area contributed by atoms with Crippen molar-refractivity contribution >= 4 is 39.4 Å². The molecule has 0 amide bonds. The Labute approximate surface area is 190 Å². The van der Waals surface area contributed by atoms with Crippen LogP contribution in [0.1, 0.15) is 18.4 Å². The number of aromatic amines is 1. The van der Waals surface area contributed by atoms with Crippen molar-refractivity contribution < 1.29 is 9.53 Å². The van der Waals surface area contributed by atoms with Gasteiger partial charge in [-0.15, -0.1) is 0 Å². The predicted octanol–water partition coefficient (Wildman–Crippen LogP) is 6.36. The fraction of sp³-hybridized carbons (Fsp3) is 0.115. The Morgan fingerprint density at radius 3 is 2.72 bits per heavy atom. The number of rotatable bonds is 6. The van der Waals surface area contributed by atoms with Gasteiger partial charge in [0.15, 0.2) is 5.75 Å². The Balaban J connectivity index is 1.35. The van der Waals surface area contributed by atoms with E-state index in [2.05, 4.69) is 15.0 Å². The van der Waals surface area contributed by atoms with Gasteiger partial charge in [0.1, 0.15) is 5.52 Å². The quantitative estimate of drug-likeness (QED) is 0.246. The summed E-state index contributed by atoms with van der Waals surface area (Å²) in [7, 11) is 0. The lowest BCUT2D eigenvalue weighted by Crippen LogP contribution is -2.08. The van der Waals surface area contributed by atoms with Crippen molar-refractivity contribution in [2.75, 3.05) is 0 Å². The van der Waals surface area contributed by atoms with Crippen LogP contribution in [0, 0.1) is 0 Å². The van der Waals surface area contributed by atoms with E-state index in [1.165, 1.54) is 0 Å². The summed E-state index contributed by atoms with van der Waals surface area (Å²) >= 11 is 6.26. The highest BCUT2D eigenvalue weighted by atomic mass is 35.5. The molecule has 3 heterocycles. The van der Waals surface area contributed by atoms with Crippen molar-refractivity contribution in [1.29, 1.82) is 0 Å². The van der Waals surface area contributed by atoms with Crippen molar-refractivity contribution in [2.45, 2.75) is 19.3 Å². The number of halogens is 1. The average Bonchev–Trinajstić information content (AvgIpc) is 3.17. The zero-order chi connectivity index (χ0) is 21.9. The molecular formula is C26H20ClN3O2. The zero-order valence-electron chi connectivity index (χ0n) is 17.2. The fourth-order valence-corrected chi connectivity index (χ4v) is 4.12. The summed E-state index contributed by atoms with van der Waals surface area (Å²) in [5.74, 6) is 0.210. The van der Waals surface area contributed by atoms with Crippen LogP contribution in [-0.2, 0) is 11.2 Å². The van der Waals surface area contributed by atoms with E-state index in [1.54, 1.807) is 18.5 Å². The summed E-state index contributed by atoms with van der Waals surface area (Å²) in [6.45, 7) is 0. The summed E-state index contributed by atoms with van der Waals surface area (Å²) in [5, 5.41) is 2.66. The van der Waals surface area contributed by atoms with Gasteiger partial charge in [-0.2, -0.15) is 0 Å². The highest BCUT2D eigenvalue weighted by Gasteiger charge is 2.16. The lowest BCUT2D eigenvalue weighted by Gasteiger charge is -2.08. The zero-order valence-corrected chi connectivity index (χ0v) is 18.0. The van der Waals surface area contributed by atoms with Gasteiger partial charge in [-0.05, 0) is 60.9 Å². The van der Waals surface area contributed by atoms with Crippen molar-refractivity contribution in [3.63, 3.8) is 0 Å². The van der Waals surface area contributed by atoms with E-state index in [0.29, 0.717) is 29.1 Å². The maximum absolute atomic E-state index is 12.6. The number of pyridine rings is 2. The first-order valence-corrected chi connectivity index (χ1v) is 10.8. The molecule has 1 N–H and O–H groups in total. The van der Waals surface area contributed by atoms with Crippen LogP contribution < -0.4 is 4.74 Å². The van der Waals surface area contributed by atoms with Gasteiger partial charge in [0.05, 0.1) is 11.4 Å². The number of para-hydroxylation sites is 1. The predicted molar refractivity (Wildman–Crippen MR) is 127 cm³/mol. The Morgan fingerprint density at radius 1 is 0.969 bits per heavy atom. The smallest absolute Gasteiger partial charge is 0.311 e. The molecule has 0 atom stereocenters. The topological polar surface area (TPSA) is 67.9 Å². The molecule has 0 aliphatic heterocycles. The van der Waals surface area contributed by atoms with Crippen LogP contribution in [0.4, 0.5) is 0 Å². The van der Waals surface area contributed by atoms with Gasteiger partial charge in [0.25, 0.3) is 0 Å². The number of aromatic nitrogens is 3. The van der Waals surface area contributed by atoms with Crippen LogP contribution >= 0.6 is 11.6 Å². The molecule has 32 heavy (non-hydrogen) atoms. The van der Waals surface area contributed by atoms with Crippen LogP contribution in [0.2, 0.25) is 5.02 Å². The van der Waals surface area contributed by atoms with Crippen molar-refractivity contribution in [3.8, 4) is 17.1 Å². The third kappa shape index (κ3) is 4.07. The maximum atomic E-state index is 12.6. The second-order valence-electron chi connectivity index (χ2n) is 7.54. The minimum Gasteiger partial charge on any atom is -0.424 e. The second kappa shape index (κ2) is 8.81. The molecule has 0 aliphatic rings. The largest absolute Gasteiger partial charge is 0.424 e. The first-order valence-electron chi connectivity index (χ1n) is 10.4. The van der Waals surface area contributed by atoms with Gasteiger partial charge < -0.3 is 9.72 Å². The molecule has 5 rings (SSSR count). The number of nitrogens with zero attached hydrogens (tertiary/aromatic N) is 2. The molecule has 0 fully saturated rings. The van der Waals surface area contributed by atoms with E-state index in [4.69, 9.17) is 16.3 Å². The normalized spacial score (nSPS) is 11.2. The molecule has 158 valence electrons. The minimum absolute atomic E-state index is 0.277. The van der Waals surface area contributed by atoms with Crippen LogP contribution in [0.3, 0.4) is 0 Å². The van der Waals surface area contributed by atoms with Gasteiger partial charge in [0.2, 0.25) is 0 Å². The van der Waals surface area contributed by atoms with E-state index in [-0.39, 0.29) is 12.4 Å². The van der Waals surface area contributed by atoms with Crippen LogP contribution in [0.25, 0.3) is 33.2 Å². The molecular weight excluding hydrogens is 422 g/mol. The lowest BCUT2D eigenvalue weighted by molar-refractivity contribution is -0.134. The molecule has 0 unspecified atom stereocenters. The van der Waals surface area contributed by atoms with Gasteiger partial charge >= 0.3 is 5.97 Å². The number of esters is 1. The molecule has 5 aromatic rings. The molecule has 6 heteroatoms. The van der Waals surface area contributed by atoms with Crippen LogP contribution in [0.15, 0.2) is 79.1 Å². The van der Waals surface area contributed by atoms with Gasteiger partial charge in [0, 0.05) is 40.1 Å². The standard InChI is InChI=1S/C26H20ClN3O2/c27-18-12-13-21-20(16-18)19(26(30-21)22-9-1-2-14-28-22)8-4-11-24(31)32-23-10-3-6-17-7-5-15-29-25(17)23/h1-3,5-7,9-10,12-16,30H,4,8,11H2. The third-order valence-electron chi connectivity index (χ3n) is 5.42. The van der Waals surface area contributed by atoms with Crippen molar-refractivity contribution in [3.05, 3.63) is 89.7 Å². The maximum Gasteiger partial charge on any atom is 0.311 e. The molecule has 0 radical (unpaired) electrons. The van der Waals surface area contributed by atoms with E-state index in [0.717, 1.165) is 33.2 Å². The SMILES string of the molecule is O=C(CCCc1c(-c2ccccn2)[nH]c2ccc(Cl)cc12)Oc1cccc2cccnc12. The summed E-state index contributed by atoms with van der Waals surface area (Å²) in [6.07, 6.45) is 5.08. The number of carbonyl (C=O) groups is 1. The fourth-order valence-electron chi connectivity index (χ4n) is 3.95. The molecule has 5 nitrogen and oxygen atoms in total. The van der Waals surface area contributed by atoms with Crippen molar-refractivity contribution in [2.24, 2.45) is 0 Å². The molecule has 0 saturated heterocycles. The van der Waals surface area contributed by atoms with Gasteiger partial charge in [-0.1, -0.05) is 35.9 Å². The molecule has 0 aliphatic carbocycles. The van der Waals surface area contributed by atoms with E-state index in [1.807, 2.05) is 60.7 Å². The van der Waals surface area contributed by atoms with Gasteiger partial charge in [-0.3, -0.25) is 14.8 Å². The Bertz CT molecular complexity index is 1410. The van der Waals surface area contributed by atoms with E-state index < -0.39 is 0 Å². The average molecular weight is 442 g/mol. The molecule has 0 spiro atoms. The number of nitrogens with one attached hydrogen (secondary N) is 1. The summed E-state index contributed by atoms with van der Waals surface area (Å²) < 4.78 is 5.63. The van der Waals surface area contributed by atoms with Gasteiger partial charge in [-0.25, -0.2) is 0 Å². The van der Waals surface area contributed by atoms with Crippen molar-refractivity contribution in [1.82, 2.24) is 15.0 Å². The molecule has 2 aromatic carbocycles. The highest BCUT2D eigenvalue weighted by molar-refractivity contribution is 6.31. The highest BCUT2D eigenvalue weighted by Crippen LogP contribution is 2.32. The Hall–Kier alpha value is -3.70. The lowest BCUT2D eigenvalue weighted by atomic mass is 10.0. The number of hydrogen-bond acceptors (Lipinski definition) is 4. The van der Waals surface area contributed by atoms with E-state index >= 15 is 0 Å². The monoisotopic (exact) mass is 441 g/mol. The van der Waals surface area contributed by atoms with E-state index in [9.17, 15) is 4.79 Å². The number of aryl methyl sites for hydroxylation is 1. The van der Waals surface area contributed by atoms with Crippen LogP contribution in [-0.4, -0.2) is 20.9 Å². The third-order valence-corrected chi connectivity index (χ3v) is 5.65. The number of benzene rings is 2. The molecule has 0 bridgehead atoms. The summed E-state index contributed by atoms with van der Waals surface area (Å²) in [5.41, 5.74) is 4.59. The first-order chi connectivity index (χ1) is 15.7. The summed E-state index contributed by atoms with van der Waals surface area (Å²) in [4.78, 5) is 24.9. The first kappa shape index (κ1) is 20.2. The Kier molecular flexibility index (Phi) is 5.57. The molecule has 0 saturated carbocycles. The minimum atomic E-state index is -0.277. The number of ether oxygens (including phenoxy) is 1. The Morgan fingerprint density at radius 2 is 1.84 bits per heavy atom. The van der Waals surface area contributed by atoms with Crippen LogP contribution in [0.5, 0.6) is 5.75 Å². The number of H-pyrrole nitrogens is 1. The number of hydrogen-bond donors (Lipinski definition) is 1. The molecule has 3 aromatic heterocycles. The number of fused-ring (bicyclic) bond motifs is 2. The summed E-state index contributed by atoms with van der Waals surface area (Å²) in [6, 6.07) is 21.0. The number of carbonyl (C=O) groups excluding carboxylic acids is 1.